The van der Waals surface area contributed by atoms with Crippen LogP contribution in [0.1, 0.15) is 24.0 Å². The fourth-order valence-corrected chi connectivity index (χ4v) is 2.12. The molecule has 1 atom stereocenters. The van der Waals surface area contributed by atoms with E-state index in [2.05, 4.69) is 0 Å². The van der Waals surface area contributed by atoms with Gasteiger partial charge in [0.25, 0.3) is 0 Å². The van der Waals surface area contributed by atoms with Crippen LogP contribution in [0.3, 0.4) is 0 Å². The third-order valence-corrected chi connectivity index (χ3v) is 3.28. The van der Waals surface area contributed by atoms with Crippen molar-refractivity contribution in [2.24, 2.45) is 0 Å². The Morgan fingerprint density at radius 3 is 2.29 bits per heavy atom. The van der Waals surface area contributed by atoms with Gasteiger partial charge in [0.2, 0.25) is 0 Å². The van der Waals surface area contributed by atoms with E-state index in [4.69, 9.17) is 0 Å². The molecule has 2 aromatic carbocycles. The molecule has 2 aromatic rings. The maximum absolute atomic E-state index is 11.8. The van der Waals surface area contributed by atoms with E-state index >= 15 is 0 Å². The van der Waals surface area contributed by atoms with Crippen LogP contribution in [0.2, 0.25) is 0 Å². The molecule has 0 amide bonds. The highest BCUT2D eigenvalue weighted by Crippen LogP contribution is 2.08. The summed E-state index contributed by atoms with van der Waals surface area (Å²) in [6.45, 7) is 0. The summed E-state index contributed by atoms with van der Waals surface area (Å²) in [5.41, 5.74) is 2.17. The predicted molar refractivity (Wildman–Crippen MR) is 85.9 cm³/mol. The molecule has 0 saturated heterocycles. The highest BCUT2D eigenvalue weighted by atomic mass is 16.3. The summed E-state index contributed by atoms with van der Waals surface area (Å²) in [5, 5.41) is 9.87. The van der Waals surface area contributed by atoms with Crippen LogP contribution in [0.25, 0.3) is 6.08 Å². The van der Waals surface area contributed by atoms with Gasteiger partial charge in [-0.1, -0.05) is 72.8 Å². The summed E-state index contributed by atoms with van der Waals surface area (Å²) in [5.74, 6) is 0.0871. The average molecular weight is 280 g/mol. The number of aliphatic hydroxyl groups is 1. The normalized spacial score (nSPS) is 12.4. The minimum atomic E-state index is -0.714. The van der Waals surface area contributed by atoms with Gasteiger partial charge in [-0.15, -0.1) is 0 Å². The molecule has 1 N–H and O–H groups in total. The van der Waals surface area contributed by atoms with Crippen LogP contribution in [0.15, 0.2) is 66.7 Å². The van der Waals surface area contributed by atoms with Crippen molar-refractivity contribution in [1.29, 1.82) is 0 Å². The zero-order valence-electron chi connectivity index (χ0n) is 12.0. The lowest BCUT2D eigenvalue weighted by atomic mass is 10.0. The Morgan fingerprint density at radius 2 is 1.62 bits per heavy atom. The molecule has 0 aliphatic heterocycles. The van der Waals surface area contributed by atoms with E-state index < -0.39 is 6.10 Å². The number of ketones is 1. The van der Waals surface area contributed by atoms with Gasteiger partial charge in [0.1, 0.15) is 5.78 Å². The standard InChI is InChI=1S/C19H20O2/c20-18(13-11-16-7-3-1-4-8-16)15-19(21)14-12-17-9-5-2-6-10-17/h1-11,13,18,20H,12,14-15H2/b13-11+. The molecular formula is C19H20O2. The Hall–Kier alpha value is -2.19. The first-order valence-corrected chi connectivity index (χ1v) is 7.21. The van der Waals surface area contributed by atoms with Crippen LogP contribution >= 0.6 is 0 Å². The van der Waals surface area contributed by atoms with Crippen molar-refractivity contribution in [2.45, 2.75) is 25.4 Å². The summed E-state index contributed by atoms with van der Waals surface area (Å²) >= 11 is 0. The van der Waals surface area contributed by atoms with Crippen LogP contribution in [-0.2, 0) is 11.2 Å². The molecule has 108 valence electrons. The molecule has 0 fully saturated rings. The number of rotatable bonds is 7. The molecule has 0 aromatic heterocycles. The van der Waals surface area contributed by atoms with Gasteiger partial charge in [0.05, 0.1) is 6.10 Å². The van der Waals surface area contributed by atoms with Crippen LogP contribution in [-0.4, -0.2) is 17.0 Å². The summed E-state index contributed by atoms with van der Waals surface area (Å²) in [7, 11) is 0. The number of benzene rings is 2. The molecule has 0 heterocycles. The Morgan fingerprint density at radius 1 is 1.00 bits per heavy atom. The van der Waals surface area contributed by atoms with Gasteiger partial charge in [-0.05, 0) is 17.5 Å². The highest BCUT2D eigenvalue weighted by molar-refractivity contribution is 5.79. The monoisotopic (exact) mass is 280 g/mol. The molecule has 0 radical (unpaired) electrons. The third kappa shape index (κ3) is 5.76. The van der Waals surface area contributed by atoms with E-state index in [9.17, 15) is 9.90 Å². The van der Waals surface area contributed by atoms with Crippen LogP contribution in [0.5, 0.6) is 0 Å². The van der Waals surface area contributed by atoms with Crippen LogP contribution in [0.4, 0.5) is 0 Å². The maximum Gasteiger partial charge on any atom is 0.136 e. The van der Waals surface area contributed by atoms with E-state index in [0.717, 1.165) is 17.5 Å². The molecule has 2 heteroatoms. The zero-order valence-corrected chi connectivity index (χ0v) is 12.0. The molecule has 0 spiro atoms. The van der Waals surface area contributed by atoms with Crippen molar-refractivity contribution in [3.63, 3.8) is 0 Å². The number of hydrogen-bond donors (Lipinski definition) is 1. The maximum atomic E-state index is 11.8. The lowest BCUT2D eigenvalue weighted by molar-refractivity contribution is -0.120. The van der Waals surface area contributed by atoms with Crippen LogP contribution < -0.4 is 0 Å². The first-order chi connectivity index (χ1) is 10.2. The molecule has 0 aliphatic rings. The average Bonchev–Trinajstić information content (AvgIpc) is 2.53. The Labute approximate surface area is 125 Å². The first-order valence-electron chi connectivity index (χ1n) is 7.21. The number of carbonyl (C=O) groups is 1. The third-order valence-electron chi connectivity index (χ3n) is 3.28. The van der Waals surface area contributed by atoms with Gasteiger partial charge in [0.15, 0.2) is 0 Å². The number of Topliss-reactive ketones (excluding diaryl/α,β-unsaturated/α-hetero) is 1. The van der Waals surface area contributed by atoms with Crippen molar-refractivity contribution in [2.75, 3.05) is 0 Å². The molecule has 21 heavy (non-hydrogen) atoms. The van der Waals surface area contributed by atoms with Crippen molar-refractivity contribution in [3.8, 4) is 0 Å². The minimum absolute atomic E-state index is 0.0871. The first kappa shape index (κ1) is 15.2. The molecule has 0 bridgehead atoms. The van der Waals surface area contributed by atoms with Gasteiger partial charge in [-0.2, -0.15) is 0 Å². The molecule has 0 saturated carbocycles. The van der Waals surface area contributed by atoms with Gasteiger partial charge in [-0.3, -0.25) is 4.79 Å². The number of aryl methyl sites for hydroxylation is 1. The Bertz CT molecular complexity index is 573. The number of hydrogen-bond acceptors (Lipinski definition) is 2. The van der Waals surface area contributed by atoms with Crippen LogP contribution in [0, 0.1) is 0 Å². The van der Waals surface area contributed by atoms with Crippen molar-refractivity contribution < 1.29 is 9.90 Å². The molecule has 2 rings (SSSR count). The van der Waals surface area contributed by atoms with Crippen molar-refractivity contribution >= 4 is 11.9 Å². The van der Waals surface area contributed by atoms with E-state index in [1.807, 2.05) is 66.7 Å². The largest absolute Gasteiger partial charge is 0.389 e. The molecule has 1 unspecified atom stereocenters. The Kier molecular flexibility index (Phi) is 5.92. The summed E-state index contributed by atoms with van der Waals surface area (Å²) in [4.78, 5) is 11.8. The zero-order chi connectivity index (χ0) is 14.9. The predicted octanol–water partition coefficient (Wildman–Crippen LogP) is 3.65. The topological polar surface area (TPSA) is 37.3 Å². The van der Waals surface area contributed by atoms with E-state index in [1.54, 1.807) is 6.08 Å². The van der Waals surface area contributed by atoms with Gasteiger partial charge in [0, 0.05) is 12.8 Å². The van der Waals surface area contributed by atoms with E-state index in [1.165, 1.54) is 0 Å². The van der Waals surface area contributed by atoms with Gasteiger partial charge in [-0.25, -0.2) is 0 Å². The van der Waals surface area contributed by atoms with Gasteiger partial charge >= 0.3 is 0 Å². The van der Waals surface area contributed by atoms with E-state index in [0.29, 0.717) is 6.42 Å². The molecule has 2 nitrogen and oxygen atoms in total. The lowest BCUT2D eigenvalue weighted by Crippen LogP contribution is -2.11. The Balaban J connectivity index is 1.76. The molecule has 0 aliphatic carbocycles. The summed E-state index contributed by atoms with van der Waals surface area (Å²) < 4.78 is 0. The summed E-state index contributed by atoms with van der Waals surface area (Å²) in [6.07, 6.45) is 4.18. The smallest absolute Gasteiger partial charge is 0.136 e. The van der Waals surface area contributed by atoms with Crippen molar-refractivity contribution in [1.82, 2.24) is 0 Å². The van der Waals surface area contributed by atoms with Gasteiger partial charge < -0.3 is 5.11 Å². The second kappa shape index (κ2) is 8.18. The molecular weight excluding hydrogens is 260 g/mol. The fraction of sp³-hybridized carbons (Fsp3) is 0.211. The fourth-order valence-electron chi connectivity index (χ4n) is 2.12. The number of aliphatic hydroxyl groups excluding tert-OH is 1. The van der Waals surface area contributed by atoms with Crippen molar-refractivity contribution in [3.05, 3.63) is 77.9 Å². The second-order valence-electron chi connectivity index (χ2n) is 5.07. The SMILES string of the molecule is O=C(CCc1ccccc1)CC(O)/C=C/c1ccccc1. The summed E-state index contributed by atoms with van der Waals surface area (Å²) in [6, 6.07) is 19.7. The number of carbonyl (C=O) groups excluding carboxylic acids is 1. The highest BCUT2D eigenvalue weighted by Gasteiger charge is 2.08. The quantitative estimate of drug-likeness (QED) is 0.840. The second-order valence-corrected chi connectivity index (χ2v) is 5.07. The lowest BCUT2D eigenvalue weighted by Gasteiger charge is -2.05. The minimum Gasteiger partial charge on any atom is -0.389 e. The van der Waals surface area contributed by atoms with E-state index in [-0.39, 0.29) is 12.2 Å².